The number of ether oxygens (including phenoxy) is 1. The second-order valence-electron chi connectivity index (χ2n) is 8.82. The monoisotopic (exact) mass is 362 g/mol. The van der Waals surface area contributed by atoms with E-state index in [0.29, 0.717) is 6.61 Å². The van der Waals surface area contributed by atoms with E-state index in [-0.39, 0.29) is 11.0 Å². The van der Waals surface area contributed by atoms with Gasteiger partial charge in [0.2, 0.25) is 0 Å². The molecule has 1 aromatic rings. The van der Waals surface area contributed by atoms with Crippen molar-refractivity contribution in [2.75, 3.05) is 6.61 Å². The topological polar surface area (TPSA) is 56.8 Å². The second kappa shape index (κ2) is 8.18. The van der Waals surface area contributed by atoms with Crippen LogP contribution in [0.5, 0.6) is 5.75 Å². The Morgan fingerprint density at radius 1 is 1.15 bits per heavy atom. The van der Waals surface area contributed by atoms with E-state index in [1.165, 1.54) is 37.7 Å². The molecule has 0 saturated heterocycles. The molecular weight excluding hydrogens is 332 g/mol. The molecule has 27 heavy (non-hydrogen) atoms. The highest BCUT2D eigenvalue weighted by atomic mass is 16.5. The molecule has 3 heteroatoms. The minimum absolute atomic E-state index is 0.123. The molecule has 0 radical (unpaired) electrons. The zero-order valence-electron chi connectivity index (χ0n) is 16.8. The van der Waals surface area contributed by atoms with Crippen molar-refractivity contribution in [2.24, 2.45) is 17.8 Å². The van der Waals surface area contributed by atoms with Gasteiger partial charge in [-0.15, -0.1) is 0 Å². The van der Waals surface area contributed by atoms with Crippen molar-refractivity contribution in [3.8, 4) is 17.9 Å². The first-order chi connectivity index (χ1) is 13.0. The Morgan fingerprint density at radius 2 is 1.81 bits per heavy atom. The van der Waals surface area contributed by atoms with Crippen molar-refractivity contribution in [3.05, 3.63) is 34.9 Å². The van der Waals surface area contributed by atoms with Crippen molar-refractivity contribution in [2.45, 2.75) is 64.7 Å². The van der Waals surface area contributed by atoms with Crippen LogP contribution in [0.15, 0.2) is 23.8 Å². The molecule has 1 aromatic carbocycles. The summed E-state index contributed by atoms with van der Waals surface area (Å²) in [6, 6.07) is 10.4. The minimum Gasteiger partial charge on any atom is -0.493 e. The first-order valence-corrected chi connectivity index (χ1v) is 10.3. The average molecular weight is 363 g/mol. The first kappa shape index (κ1) is 19.5. The van der Waals surface area contributed by atoms with Gasteiger partial charge in [0.15, 0.2) is 0 Å². The quantitative estimate of drug-likeness (QED) is 0.603. The zero-order valence-corrected chi connectivity index (χ0v) is 16.8. The summed E-state index contributed by atoms with van der Waals surface area (Å²) in [7, 11) is 0. The molecule has 0 spiro atoms. The number of allylic oxidation sites excluding steroid dienone is 1. The highest BCUT2D eigenvalue weighted by Crippen LogP contribution is 2.54. The Labute approximate surface area is 163 Å². The maximum Gasteiger partial charge on any atom is 0.130 e. The molecule has 0 aromatic heterocycles. The highest BCUT2D eigenvalue weighted by Gasteiger charge is 2.45. The van der Waals surface area contributed by atoms with E-state index in [1.807, 2.05) is 18.2 Å². The van der Waals surface area contributed by atoms with Crippen LogP contribution in [0.1, 0.15) is 70.4 Å². The largest absolute Gasteiger partial charge is 0.493 e. The van der Waals surface area contributed by atoms with Crippen LogP contribution in [0.4, 0.5) is 0 Å². The van der Waals surface area contributed by atoms with Crippen molar-refractivity contribution < 1.29 is 4.74 Å². The van der Waals surface area contributed by atoms with Gasteiger partial charge >= 0.3 is 0 Å². The molecule has 2 aliphatic rings. The standard InChI is InChI=1S/C24H30N2O/c1-4-7-27-23-6-5-22(11-21(23)10-20(15-25)16-26)24-12-17(2)8-19(14-24)9-18(3)13-24/h5-6,10-11,17-19H,4,7-9,12-14H2,1-3H3/t17-,18+,19?,24?. The number of hydrogen-bond acceptors (Lipinski definition) is 3. The number of fused-ring (bicyclic) bond motifs is 2. The third kappa shape index (κ3) is 4.19. The van der Waals surface area contributed by atoms with E-state index in [4.69, 9.17) is 4.74 Å². The van der Waals surface area contributed by atoms with Crippen LogP contribution in [-0.4, -0.2) is 6.61 Å². The molecule has 0 amide bonds. The Hall–Kier alpha value is -2.26. The molecular formula is C24H30N2O. The van der Waals surface area contributed by atoms with Gasteiger partial charge in [-0.25, -0.2) is 0 Å². The maximum absolute atomic E-state index is 9.20. The minimum atomic E-state index is 0.123. The van der Waals surface area contributed by atoms with Crippen LogP contribution in [0.2, 0.25) is 0 Å². The number of nitrogens with zero attached hydrogens (tertiary/aromatic N) is 2. The van der Waals surface area contributed by atoms with E-state index in [1.54, 1.807) is 6.08 Å². The van der Waals surface area contributed by atoms with Gasteiger partial charge in [0, 0.05) is 5.56 Å². The summed E-state index contributed by atoms with van der Waals surface area (Å²) in [4.78, 5) is 0. The summed E-state index contributed by atoms with van der Waals surface area (Å²) < 4.78 is 5.90. The average Bonchev–Trinajstić information content (AvgIpc) is 2.63. The Morgan fingerprint density at radius 3 is 2.41 bits per heavy atom. The predicted molar refractivity (Wildman–Crippen MR) is 108 cm³/mol. The molecule has 0 N–H and O–H groups in total. The summed E-state index contributed by atoms with van der Waals surface area (Å²) in [5, 5.41) is 18.4. The Bertz CT molecular complexity index is 760. The van der Waals surface area contributed by atoms with Crippen LogP contribution in [-0.2, 0) is 5.41 Å². The predicted octanol–water partition coefficient (Wildman–Crippen LogP) is 6.01. The van der Waals surface area contributed by atoms with Gasteiger partial charge < -0.3 is 4.74 Å². The molecule has 0 aliphatic heterocycles. The summed E-state index contributed by atoms with van der Waals surface area (Å²) in [6.45, 7) is 7.49. The lowest BCUT2D eigenvalue weighted by Crippen LogP contribution is -2.42. The van der Waals surface area contributed by atoms with E-state index in [2.05, 4.69) is 32.9 Å². The zero-order chi connectivity index (χ0) is 19.4. The van der Waals surface area contributed by atoms with Crippen molar-refractivity contribution in [1.29, 1.82) is 10.5 Å². The Kier molecular flexibility index (Phi) is 5.91. The van der Waals surface area contributed by atoms with Gasteiger partial charge in [-0.1, -0.05) is 26.8 Å². The van der Waals surface area contributed by atoms with Gasteiger partial charge in [0.1, 0.15) is 23.5 Å². The molecule has 2 bridgehead atoms. The summed E-state index contributed by atoms with van der Waals surface area (Å²) >= 11 is 0. The third-order valence-corrected chi connectivity index (χ3v) is 6.25. The lowest BCUT2D eigenvalue weighted by atomic mass is 9.54. The molecule has 4 atom stereocenters. The fraction of sp³-hybridized carbons (Fsp3) is 0.583. The van der Waals surface area contributed by atoms with Crippen LogP contribution < -0.4 is 4.74 Å². The SMILES string of the molecule is CCCOc1ccc(C23CC(C[C@@H](C)C2)C[C@H](C)C3)cc1C=C(C#N)C#N. The molecule has 2 unspecified atom stereocenters. The van der Waals surface area contributed by atoms with E-state index in [0.717, 1.165) is 35.5 Å². The summed E-state index contributed by atoms with van der Waals surface area (Å²) in [5.41, 5.74) is 2.57. The van der Waals surface area contributed by atoms with Crippen LogP contribution in [0, 0.1) is 40.4 Å². The Balaban J connectivity index is 2.04. The molecule has 0 heterocycles. The van der Waals surface area contributed by atoms with Crippen molar-refractivity contribution in [3.63, 3.8) is 0 Å². The van der Waals surface area contributed by atoms with E-state index in [9.17, 15) is 10.5 Å². The van der Waals surface area contributed by atoms with Crippen molar-refractivity contribution in [1.82, 2.24) is 0 Å². The molecule has 3 rings (SSSR count). The fourth-order valence-electron chi connectivity index (χ4n) is 5.64. The molecule has 2 aliphatic carbocycles. The van der Waals surface area contributed by atoms with Gasteiger partial charge in [-0.2, -0.15) is 10.5 Å². The smallest absolute Gasteiger partial charge is 0.130 e. The van der Waals surface area contributed by atoms with Crippen molar-refractivity contribution >= 4 is 6.08 Å². The van der Waals surface area contributed by atoms with E-state index >= 15 is 0 Å². The number of hydrogen-bond donors (Lipinski definition) is 0. The first-order valence-electron chi connectivity index (χ1n) is 10.3. The third-order valence-electron chi connectivity index (χ3n) is 6.25. The lowest BCUT2D eigenvalue weighted by molar-refractivity contribution is 0.0780. The fourth-order valence-corrected chi connectivity index (χ4v) is 5.64. The van der Waals surface area contributed by atoms with Crippen LogP contribution in [0.25, 0.3) is 6.08 Å². The normalized spacial score (nSPS) is 29.3. The molecule has 142 valence electrons. The number of rotatable bonds is 5. The summed E-state index contributed by atoms with van der Waals surface area (Å²) in [5.74, 6) is 3.09. The molecule has 3 nitrogen and oxygen atoms in total. The van der Waals surface area contributed by atoms with E-state index < -0.39 is 0 Å². The number of benzene rings is 1. The molecule has 2 saturated carbocycles. The van der Waals surface area contributed by atoms with Crippen LogP contribution >= 0.6 is 0 Å². The van der Waals surface area contributed by atoms with Gasteiger partial charge in [0.25, 0.3) is 0 Å². The van der Waals surface area contributed by atoms with Gasteiger partial charge in [-0.05, 0) is 85.5 Å². The second-order valence-corrected chi connectivity index (χ2v) is 8.82. The van der Waals surface area contributed by atoms with Gasteiger partial charge in [0.05, 0.1) is 6.61 Å². The number of nitriles is 2. The molecule has 2 fully saturated rings. The van der Waals surface area contributed by atoms with Crippen LogP contribution in [0.3, 0.4) is 0 Å². The van der Waals surface area contributed by atoms with Gasteiger partial charge in [-0.3, -0.25) is 0 Å². The highest BCUT2D eigenvalue weighted by molar-refractivity contribution is 5.67. The lowest BCUT2D eigenvalue weighted by Gasteiger charge is -2.50. The maximum atomic E-state index is 9.20. The summed E-state index contributed by atoms with van der Waals surface area (Å²) in [6.07, 6.45) is 9.04.